The standard InChI is InChI=1S/C19H19NO2S/c21-19(4-1-14-7-10-23-13-14)20-8-5-17(12-20)15-2-3-18-16(11-15)6-9-22-18/h1-4,7,10-11,13,17H,5-6,8-9,12H2/b4-1+/t17-/m1/s1. The number of rotatable bonds is 3. The number of nitrogens with zero attached hydrogens (tertiary/aromatic N) is 1. The molecule has 2 aliphatic rings. The van der Waals surface area contributed by atoms with E-state index in [0.29, 0.717) is 5.92 Å². The Kier molecular flexibility index (Phi) is 3.92. The molecule has 23 heavy (non-hydrogen) atoms. The highest BCUT2D eigenvalue weighted by Crippen LogP contribution is 2.33. The Morgan fingerprint density at radius 1 is 1.35 bits per heavy atom. The molecule has 1 aromatic carbocycles. The second kappa shape index (κ2) is 6.20. The largest absolute Gasteiger partial charge is 0.493 e. The van der Waals surface area contributed by atoms with E-state index in [0.717, 1.165) is 43.9 Å². The van der Waals surface area contributed by atoms with Gasteiger partial charge in [-0.3, -0.25) is 4.79 Å². The van der Waals surface area contributed by atoms with Crippen LogP contribution in [0.1, 0.15) is 29.0 Å². The van der Waals surface area contributed by atoms with Crippen molar-refractivity contribution in [2.24, 2.45) is 0 Å². The summed E-state index contributed by atoms with van der Waals surface area (Å²) >= 11 is 1.64. The highest BCUT2D eigenvalue weighted by molar-refractivity contribution is 7.08. The van der Waals surface area contributed by atoms with Crippen molar-refractivity contribution in [2.75, 3.05) is 19.7 Å². The molecule has 4 heteroatoms. The third-order valence-corrected chi connectivity index (χ3v) is 5.35. The lowest BCUT2D eigenvalue weighted by Crippen LogP contribution is -2.26. The summed E-state index contributed by atoms with van der Waals surface area (Å²) in [5.74, 6) is 1.58. The lowest BCUT2D eigenvalue weighted by molar-refractivity contribution is -0.124. The van der Waals surface area contributed by atoms with Gasteiger partial charge in [-0.25, -0.2) is 0 Å². The molecule has 0 bridgehead atoms. The zero-order valence-electron chi connectivity index (χ0n) is 12.9. The van der Waals surface area contributed by atoms with E-state index in [1.54, 1.807) is 17.4 Å². The fourth-order valence-electron chi connectivity index (χ4n) is 3.34. The average Bonchev–Trinajstić information content (AvgIpc) is 3.32. The molecule has 3 heterocycles. The van der Waals surface area contributed by atoms with Crippen LogP contribution < -0.4 is 4.74 Å². The zero-order chi connectivity index (χ0) is 15.6. The molecule has 0 unspecified atom stereocenters. The molecule has 4 rings (SSSR count). The maximum Gasteiger partial charge on any atom is 0.246 e. The van der Waals surface area contributed by atoms with Gasteiger partial charge in [0.2, 0.25) is 5.91 Å². The molecule has 1 atom stereocenters. The van der Waals surface area contributed by atoms with Crippen molar-refractivity contribution < 1.29 is 9.53 Å². The number of benzene rings is 1. The van der Waals surface area contributed by atoms with Crippen LogP contribution in [0.3, 0.4) is 0 Å². The molecule has 1 aromatic heterocycles. The van der Waals surface area contributed by atoms with E-state index in [9.17, 15) is 4.79 Å². The predicted octanol–water partition coefficient (Wildman–Crippen LogP) is 3.71. The highest BCUT2D eigenvalue weighted by atomic mass is 32.1. The van der Waals surface area contributed by atoms with Gasteiger partial charge >= 0.3 is 0 Å². The number of hydrogen-bond acceptors (Lipinski definition) is 3. The molecule has 0 aliphatic carbocycles. The van der Waals surface area contributed by atoms with Crippen molar-refractivity contribution in [3.63, 3.8) is 0 Å². The first kappa shape index (κ1) is 14.5. The maximum atomic E-state index is 12.3. The molecule has 1 amide bonds. The quantitative estimate of drug-likeness (QED) is 0.805. The monoisotopic (exact) mass is 325 g/mol. The van der Waals surface area contributed by atoms with Crippen LogP contribution in [0.25, 0.3) is 6.08 Å². The van der Waals surface area contributed by atoms with Crippen LogP contribution in [0.15, 0.2) is 41.1 Å². The zero-order valence-corrected chi connectivity index (χ0v) is 13.7. The Labute approximate surface area is 140 Å². The van der Waals surface area contributed by atoms with Gasteiger partial charge in [0.05, 0.1) is 6.61 Å². The number of amides is 1. The molecule has 0 radical (unpaired) electrons. The summed E-state index contributed by atoms with van der Waals surface area (Å²) in [4.78, 5) is 14.3. The lowest BCUT2D eigenvalue weighted by atomic mass is 9.96. The van der Waals surface area contributed by atoms with E-state index in [2.05, 4.69) is 18.2 Å². The number of thiophene rings is 1. The SMILES string of the molecule is O=C(/C=C/c1ccsc1)N1CC[C@@H](c2ccc3c(c2)CCO3)C1. The van der Waals surface area contributed by atoms with Crippen LogP contribution in [0.5, 0.6) is 5.75 Å². The van der Waals surface area contributed by atoms with E-state index >= 15 is 0 Å². The summed E-state index contributed by atoms with van der Waals surface area (Å²) in [6.45, 7) is 2.44. The maximum absolute atomic E-state index is 12.3. The van der Waals surface area contributed by atoms with Crippen LogP contribution in [0, 0.1) is 0 Å². The van der Waals surface area contributed by atoms with E-state index in [-0.39, 0.29) is 5.91 Å². The molecule has 0 saturated carbocycles. The van der Waals surface area contributed by atoms with Crippen LogP contribution >= 0.6 is 11.3 Å². The molecule has 3 nitrogen and oxygen atoms in total. The summed E-state index contributed by atoms with van der Waals surface area (Å²) < 4.78 is 5.57. The number of fused-ring (bicyclic) bond motifs is 1. The summed E-state index contributed by atoms with van der Waals surface area (Å²) in [7, 11) is 0. The van der Waals surface area contributed by atoms with Gasteiger partial charge in [0.25, 0.3) is 0 Å². The molecule has 1 saturated heterocycles. The number of carbonyl (C=O) groups excluding carboxylic acids is 1. The van der Waals surface area contributed by atoms with Crippen LogP contribution in [-0.4, -0.2) is 30.5 Å². The van der Waals surface area contributed by atoms with Crippen LogP contribution in [0.2, 0.25) is 0 Å². The van der Waals surface area contributed by atoms with E-state index in [1.807, 2.05) is 27.8 Å². The van der Waals surface area contributed by atoms with Gasteiger partial charge < -0.3 is 9.64 Å². The minimum absolute atomic E-state index is 0.114. The topological polar surface area (TPSA) is 29.5 Å². The number of ether oxygens (including phenoxy) is 1. The Morgan fingerprint density at radius 3 is 3.17 bits per heavy atom. The van der Waals surface area contributed by atoms with E-state index in [4.69, 9.17) is 4.74 Å². The lowest BCUT2D eigenvalue weighted by Gasteiger charge is -2.15. The molecule has 118 valence electrons. The minimum atomic E-state index is 0.114. The normalized spacial score (nSPS) is 20.0. The molecule has 2 aliphatic heterocycles. The van der Waals surface area contributed by atoms with Crippen LogP contribution in [-0.2, 0) is 11.2 Å². The van der Waals surface area contributed by atoms with E-state index < -0.39 is 0 Å². The minimum Gasteiger partial charge on any atom is -0.493 e. The van der Waals surface area contributed by atoms with Crippen molar-refractivity contribution in [1.29, 1.82) is 0 Å². The number of likely N-dealkylation sites (tertiary alicyclic amines) is 1. The Balaban J connectivity index is 1.41. The van der Waals surface area contributed by atoms with Crippen molar-refractivity contribution in [3.8, 4) is 5.75 Å². The third kappa shape index (κ3) is 3.04. The summed E-state index contributed by atoms with van der Waals surface area (Å²) in [6.07, 6.45) is 5.64. The highest BCUT2D eigenvalue weighted by Gasteiger charge is 2.27. The molecular formula is C19H19NO2S. The van der Waals surface area contributed by atoms with Crippen molar-refractivity contribution in [2.45, 2.75) is 18.8 Å². The van der Waals surface area contributed by atoms with Gasteiger partial charge in [-0.05, 0) is 52.1 Å². The summed E-state index contributed by atoms with van der Waals surface area (Å²) in [6, 6.07) is 8.53. The van der Waals surface area contributed by atoms with Gasteiger partial charge in [-0.15, -0.1) is 0 Å². The van der Waals surface area contributed by atoms with Gasteiger partial charge in [0.15, 0.2) is 0 Å². The van der Waals surface area contributed by atoms with Crippen molar-refractivity contribution in [1.82, 2.24) is 4.90 Å². The van der Waals surface area contributed by atoms with Gasteiger partial charge in [-0.1, -0.05) is 12.1 Å². The molecular weight excluding hydrogens is 306 g/mol. The average molecular weight is 325 g/mol. The van der Waals surface area contributed by atoms with Crippen molar-refractivity contribution in [3.05, 3.63) is 57.8 Å². The van der Waals surface area contributed by atoms with Crippen LogP contribution in [0.4, 0.5) is 0 Å². The fraction of sp³-hybridized carbons (Fsp3) is 0.316. The molecule has 0 spiro atoms. The third-order valence-electron chi connectivity index (χ3n) is 4.65. The first-order valence-corrected chi connectivity index (χ1v) is 8.99. The summed E-state index contributed by atoms with van der Waals surface area (Å²) in [5.41, 5.74) is 3.74. The van der Waals surface area contributed by atoms with Gasteiger partial charge in [0, 0.05) is 31.5 Å². The second-order valence-corrected chi connectivity index (χ2v) is 6.91. The molecule has 0 N–H and O–H groups in total. The summed E-state index contributed by atoms with van der Waals surface area (Å²) in [5, 5.41) is 4.07. The molecule has 1 fully saturated rings. The Hall–Kier alpha value is -2.07. The Bertz CT molecular complexity index is 736. The smallest absolute Gasteiger partial charge is 0.246 e. The van der Waals surface area contributed by atoms with Gasteiger partial charge in [0.1, 0.15) is 5.75 Å². The number of hydrogen-bond donors (Lipinski definition) is 0. The van der Waals surface area contributed by atoms with E-state index in [1.165, 1.54) is 11.1 Å². The number of carbonyl (C=O) groups is 1. The molecule has 2 aromatic rings. The first-order valence-electron chi connectivity index (χ1n) is 8.04. The van der Waals surface area contributed by atoms with Gasteiger partial charge in [-0.2, -0.15) is 11.3 Å². The Morgan fingerprint density at radius 2 is 2.30 bits per heavy atom. The first-order chi connectivity index (χ1) is 11.3. The second-order valence-electron chi connectivity index (χ2n) is 6.13. The predicted molar refractivity (Wildman–Crippen MR) is 92.9 cm³/mol. The van der Waals surface area contributed by atoms with Crippen molar-refractivity contribution >= 4 is 23.3 Å². The fourth-order valence-corrected chi connectivity index (χ4v) is 3.96.